The molecule has 0 saturated carbocycles. The number of nitrogens with two attached hydrogens (primary N) is 1. The highest BCUT2D eigenvalue weighted by Crippen LogP contribution is 2.17. The Balaban J connectivity index is 0.00000400. The topological polar surface area (TPSA) is 61.5 Å². The van der Waals surface area contributed by atoms with Crippen molar-refractivity contribution in [2.75, 3.05) is 12.9 Å². The van der Waals surface area contributed by atoms with Crippen molar-refractivity contribution in [3.8, 4) is 5.75 Å². The van der Waals surface area contributed by atoms with E-state index in [0.29, 0.717) is 0 Å². The van der Waals surface area contributed by atoms with Crippen molar-refractivity contribution in [1.29, 1.82) is 0 Å². The van der Waals surface area contributed by atoms with Crippen LogP contribution in [0.25, 0.3) is 0 Å². The minimum absolute atomic E-state index is 0. The van der Waals surface area contributed by atoms with Crippen LogP contribution in [0.5, 0.6) is 5.75 Å². The smallest absolute Gasteiger partial charge is 0.307 e. The number of methoxy groups -OCH3 is 1. The fraction of sp³-hybridized carbons (Fsp3) is 0.533. The standard InChI is InChI=1S/C15H23NO3S.ClH/c1-11(2)19-15(17)8-13(16)10-20-9-12-4-6-14(18-3)7-5-12;/h4-7,11,13H,8-10,16H2,1-3H3;1H. The third kappa shape index (κ3) is 8.86. The van der Waals surface area contributed by atoms with Gasteiger partial charge in [0.1, 0.15) is 5.75 Å². The van der Waals surface area contributed by atoms with Gasteiger partial charge in [0, 0.05) is 17.5 Å². The maximum absolute atomic E-state index is 11.4. The SMILES string of the molecule is COc1ccc(CSCC(N)CC(=O)OC(C)C)cc1.Cl. The zero-order valence-electron chi connectivity index (χ0n) is 12.7. The first-order valence-corrected chi connectivity index (χ1v) is 7.82. The lowest BCUT2D eigenvalue weighted by atomic mass is 10.2. The first-order chi connectivity index (χ1) is 9.51. The quantitative estimate of drug-likeness (QED) is 0.741. The number of hydrogen-bond acceptors (Lipinski definition) is 5. The number of thioether (sulfide) groups is 1. The van der Waals surface area contributed by atoms with Gasteiger partial charge in [0.05, 0.1) is 19.6 Å². The zero-order valence-corrected chi connectivity index (χ0v) is 14.3. The van der Waals surface area contributed by atoms with Gasteiger partial charge in [-0.3, -0.25) is 4.79 Å². The summed E-state index contributed by atoms with van der Waals surface area (Å²) in [6.07, 6.45) is 0.190. The molecule has 2 N–H and O–H groups in total. The largest absolute Gasteiger partial charge is 0.497 e. The van der Waals surface area contributed by atoms with Gasteiger partial charge in [-0.25, -0.2) is 0 Å². The molecule has 21 heavy (non-hydrogen) atoms. The molecule has 4 nitrogen and oxygen atoms in total. The van der Waals surface area contributed by atoms with Gasteiger partial charge < -0.3 is 15.2 Å². The van der Waals surface area contributed by atoms with Crippen LogP contribution in [0.1, 0.15) is 25.8 Å². The first kappa shape index (κ1) is 20.1. The minimum Gasteiger partial charge on any atom is -0.497 e. The highest BCUT2D eigenvalue weighted by molar-refractivity contribution is 7.98. The van der Waals surface area contributed by atoms with E-state index in [1.54, 1.807) is 18.9 Å². The number of ether oxygens (including phenoxy) is 2. The second-order valence-electron chi connectivity index (χ2n) is 4.87. The number of carbonyl (C=O) groups excluding carboxylic acids is 1. The molecule has 0 aliphatic heterocycles. The van der Waals surface area contributed by atoms with E-state index in [4.69, 9.17) is 15.2 Å². The third-order valence-corrected chi connectivity index (χ3v) is 3.76. The molecule has 1 aromatic rings. The molecule has 1 unspecified atom stereocenters. The number of halogens is 1. The van der Waals surface area contributed by atoms with Crippen LogP contribution in [0.15, 0.2) is 24.3 Å². The Labute approximate surface area is 137 Å². The maximum atomic E-state index is 11.4. The van der Waals surface area contributed by atoms with Crippen molar-refractivity contribution < 1.29 is 14.3 Å². The average molecular weight is 334 g/mol. The monoisotopic (exact) mass is 333 g/mol. The van der Waals surface area contributed by atoms with Crippen LogP contribution in [-0.4, -0.2) is 31.0 Å². The van der Waals surface area contributed by atoms with E-state index in [1.165, 1.54) is 5.56 Å². The van der Waals surface area contributed by atoms with Gasteiger partial charge >= 0.3 is 5.97 Å². The Morgan fingerprint density at radius 1 is 1.29 bits per heavy atom. The van der Waals surface area contributed by atoms with Gasteiger partial charge in [-0.05, 0) is 31.5 Å². The summed E-state index contributed by atoms with van der Waals surface area (Å²) < 4.78 is 10.2. The summed E-state index contributed by atoms with van der Waals surface area (Å²) in [7, 11) is 1.65. The fourth-order valence-corrected chi connectivity index (χ4v) is 2.60. The molecule has 0 aliphatic rings. The summed E-state index contributed by atoms with van der Waals surface area (Å²) >= 11 is 1.72. The van der Waals surface area contributed by atoms with Gasteiger partial charge in [0.25, 0.3) is 0 Å². The predicted octanol–water partition coefficient (Wildman–Crippen LogP) is 3.02. The van der Waals surface area contributed by atoms with Gasteiger partial charge in [-0.2, -0.15) is 11.8 Å². The van der Waals surface area contributed by atoms with E-state index >= 15 is 0 Å². The highest BCUT2D eigenvalue weighted by Gasteiger charge is 2.12. The molecular formula is C15H24ClNO3S. The summed E-state index contributed by atoms with van der Waals surface area (Å²) in [6, 6.07) is 7.78. The van der Waals surface area contributed by atoms with Crippen molar-refractivity contribution in [3.63, 3.8) is 0 Å². The normalized spacial score (nSPS) is 11.7. The lowest BCUT2D eigenvalue weighted by molar-refractivity contribution is -0.147. The molecule has 6 heteroatoms. The zero-order chi connectivity index (χ0) is 15.0. The van der Waals surface area contributed by atoms with Gasteiger partial charge in [0.2, 0.25) is 0 Å². The van der Waals surface area contributed by atoms with Gasteiger partial charge in [-0.15, -0.1) is 12.4 Å². The Morgan fingerprint density at radius 3 is 2.43 bits per heavy atom. The Morgan fingerprint density at radius 2 is 1.90 bits per heavy atom. The summed E-state index contributed by atoms with van der Waals surface area (Å²) in [5.41, 5.74) is 7.13. The lowest BCUT2D eigenvalue weighted by Crippen LogP contribution is -2.28. The third-order valence-electron chi connectivity index (χ3n) is 2.56. The van der Waals surface area contributed by atoms with Crippen LogP contribution in [-0.2, 0) is 15.3 Å². The van der Waals surface area contributed by atoms with Gasteiger partial charge in [0.15, 0.2) is 0 Å². The summed E-state index contributed by atoms with van der Waals surface area (Å²) in [6.45, 7) is 3.67. The second kappa shape index (κ2) is 10.8. The molecule has 0 saturated heterocycles. The summed E-state index contributed by atoms with van der Waals surface area (Å²) in [4.78, 5) is 11.4. The Kier molecular flexibility index (Phi) is 10.3. The van der Waals surface area contributed by atoms with Crippen molar-refractivity contribution in [1.82, 2.24) is 0 Å². The van der Waals surface area contributed by atoms with E-state index in [2.05, 4.69) is 0 Å². The summed E-state index contributed by atoms with van der Waals surface area (Å²) in [5.74, 6) is 2.24. The minimum atomic E-state index is -0.224. The fourth-order valence-electron chi connectivity index (χ4n) is 1.63. The molecule has 1 atom stereocenters. The van der Waals surface area contributed by atoms with Crippen LogP contribution < -0.4 is 10.5 Å². The van der Waals surface area contributed by atoms with E-state index in [9.17, 15) is 4.79 Å². The molecule has 0 spiro atoms. The van der Waals surface area contributed by atoms with Crippen LogP contribution in [0.3, 0.4) is 0 Å². The predicted molar refractivity (Wildman–Crippen MR) is 90.2 cm³/mol. The second-order valence-corrected chi connectivity index (χ2v) is 5.90. The Hall–Kier alpha value is -0.910. The Bertz CT molecular complexity index is 412. The van der Waals surface area contributed by atoms with Crippen LogP contribution in [0, 0.1) is 0 Å². The van der Waals surface area contributed by atoms with Crippen molar-refractivity contribution in [3.05, 3.63) is 29.8 Å². The van der Waals surface area contributed by atoms with Crippen molar-refractivity contribution >= 4 is 30.1 Å². The van der Waals surface area contributed by atoms with Crippen LogP contribution in [0.4, 0.5) is 0 Å². The van der Waals surface area contributed by atoms with E-state index in [-0.39, 0.29) is 36.9 Å². The highest BCUT2D eigenvalue weighted by atomic mass is 35.5. The van der Waals surface area contributed by atoms with Crippen molar-refractivity contribution in [2.24, 2.45) is 5.73 Å². The van der Waals surface area contributed by atoms with Gasteiger partial charge in [-0.1, -0.05) is 12.1 Å². The van der Waals surface area contributed by atoms with Crippen LogP contribution >= 0.6 is 24.2 Å². The maximum Gasteiger partial charge on any atom is 0.307 e. The average Bonchev–Trinajstić information content (AvgIpc) is 2.38. The first-order valence-electron chi connectivity index (χ1n) is 6.67. The number of hydrogen-bond donors (Lipinski definition) is 1. The molecule has 0 aliphatic carbocycles. The molecule has 1 rings (SSSR count). The van der Waals surface area contributed by atoms with E-state index in [1.807, 2.05) is 38.1 Å². The number of rotatable bonds is 8. The van der Waals surface area contributed by atoms with Crippen LogP contribution in [0.2, 0.25) is 0 Å². The molecule has 120 valence electrons. The molecule has 0 fully saturated rings. The molecular weight excluding hydrogens is 310 g/mol. The number of esters is 1. The molecule has 0 bridgehead atoms. The number of benzene rings is 1. The van der Waals surface area contributed by atoms with E-state index in [0.717, 1.165) is 17.3 Å². The molecule has 0 aromatic heterocycles. The lowest BCUT2D eigenvalue weighted by Gasteiger charge is -2.12. The molecule has 0 amide bonds. The molecule has 0 heterocycles. The van der Waals surface area contributed by atoms with E-state index < -0.39 is 0 Å². The molecule has 0 radical (unpaired) electrons. The summed E-state index contributed by atoms with van der Waals surface area (Å²) in [5, 5.41) is 0. The molecule has 1 aromatic carbocycles. The van der Waals surface area contributed by atoms with Crippen molar-refractivity contribution in [2.45, 2.75) is 38.2 Å². The number of carbonyl (C=O) groups is 1.